The normalized spacial score (nSPS) is 15.7. The molecule has 1 aromatic carbocycles. The van der Waals surface area contributed by atoms with Crippen molar-refractivity contribution in [2.24, 2.45) is 0 Å². The van der Waals surface area contributed by atoms with Gasteiger partial charge < -0.3 is 9.64 Å². The molecule has 1 aliphatic heterocycles. The maximum Gasteiger partial charge on any atom is 0.263 e. The van der Waals surface area contributed by atoms with Crippen molar-refractivity contribution in [1.29, 1.82) is 0 Å². The standard InChI is InChI=1S/C20H24FN3O2.ClH/c1-16(26-19-8-3-2-7-18(19)21)20(25)24-14-12-23(13-15-24)11-9-17-6-4-5-10-22-17;/h2-8,10,16H,9,11-15H2,1H3;1H. The first-order valence-electron chi connectivity index (χ1n) is 8.96. The lowest BCUT2D eigenvalue weighted by atomic mass is 10.2. The lowest BCUT2D eigenvalue weighted by molar-refractivity contribution is -0.139. The Morgan fingerprint density at radius 1 is 1.15 bits per heavy atom. The minimum atomic E-state index is -0.702. The van der Waals surface area contributed by atoms with E-state index in [4.69, 9.17) is 4.74 Å². The third kappa shape index (κ3) is 5.91. The topological polar surface area (TPSA) is 45.7 Å². The third-order valence-corrected chi connectivity index (χ3v) is 4.58. The number of halogens is 2. The monoisotopic (exact) mass is 393 g/mol. The average molecular weight is 394 g/mol. The summed E-state index contributed by atoms with van der Waals surface area (Å²) in [5, 5.41) is 0. The smallest absolute Gasteiger partial charge is 0.263 e. The molecule has 3 rings (SSSR count). The quantitative estimate of drug-likeness (QED) is 0.757. The number of hydrogen-bond acceptors (Lipinski definition) is 4. The summed E-state index contributed by atoms with van der Waals surface area (Å²) in [6.45, 7) is 5.57. The molecule has 27 heavy (non-hydrogen) atoms. The van der Waals surface area contributed by atoms with E-state index in [0.29, 0.717) is 13.1 Å². The second-order valence-corrected chi connectivity index (χ2v) is 6.43. The highest BCUT2D eigenvalue weighted by molar-refractivity contribution is 5.85. The minimum absolute atomic E-state index is 0. The van der Waals surface area contributed by atoms with Crippen LogP contribution in [0.4, 0.5) is 4.39 Å². The minimum Gasteiger partial charge on any atom is -0.478 e. The van der Waals surface area contributed by atoms with Gasteiger partial charge in [0.2, 0.25) is 0 Å². The Bertz CT molecular complexity index is 724. The van der Waals surface area contributed by atoms with Crippen LogP contribution in [0, 0.1) is 5.82 Å². The summed E-state index contributed by atoms with van der Waals surface area (Å²) in [7, 11) is 0. The lowest BCUT2D eigenvalue weighted by Gasteiger charge is -2.35. The van der Waals surface area contributed by atoms with Crippen LogP contribution in [0.15, 0.2) is 48.7 Å². The molecule has 0 saturated carbocycles. The Labute approximate surface area is 165 Å². The van der Waals surface area contributed by atoms with Crippen LogP contribution in [-0.4, -0.2) is 59.5 Å². The Morgan fingerprint density at radius 2 is 1.85 bits per heavy atom. The molecule has 0 aliphatic carbocycles. The predicted molar refractivity (Wildman–Crippen MR) is 105 cm³/mol. The van der Waals surface area contributed by atoms with Crippen LogP contribution in [-0.2, 0) is 11.2 Å². The van der Waals surface area contributed by atoms with E-state index in [1.54, 1.807) is 24.0 Å². The van der Waals surface area contributed by atoms with E-state index < -0.39 is 11.9 Å². The SMILES string of the molecule is CC(Oc1ccccc1F)C(=O)N1CCN(CCc2ccccn2)CC1.Cl. The molecule has 1 amide bonds. The first kappa shape index (κ1) is 21.1. The molecule has 2 aromatic rings. The van der Waals surface area contributed by atoms with Gasteiger partial charge in [-0.15, -0.1) is 12.4 Å². The van der Waals surface area contributed by atoms with Crippen LogP contribution in [0.3, 0.4) is 0 Å². The second kappa shape index (κ2) is 10.2. The fourth-order valence-electron chi connectivity index (χ4n) is 3.05. The highest BCUT2D eigenvalue weighted by Gasteiger charge is 2.26. The molecule has 1 aliphatic rings. The van der Waals surface area contributed by atoms with Crippen LogP contribution in [0.5, 0.6) is 5.75 Å². The number of ether oxygens (including phenoxy) is 1. The van der Waals surface area contributed by atoms with E-state index in [9.17, 15) is 9.18 Å². The molecule has 0 spiro atoms. The van der Waals surface area contributed by atoms with E-state index in [-0.39, 0.29) is 24.1 Å². The van der Waals surface area contributed by atoms with Gasteiger partial charge in [-0.25, -0.2) is 4.39 Å². The predicted octanol–water partition coefficient (Wildman–Crippen LogP) is 2.80. The second-order valence-electron chi connectivity index (χ2n) is 6.43. The number of carbonyl (C=O) groups excluding carboxylic acids is 1. The summed E-state index contributed by atoms with van der Waals surface area (Å²) >= 11 is 0. The first-order valence-corrected chi connectivity index (χ1v) is 8.96. The van der Waals surface area contributed by atoms with Crippen LogP contribution in [0.2, 0.25) is 0 Å². The van der Waals surface area contributed by atoms with Gasteiger partial charge in [0.25, 0.3) is 5.91 Å². The Kier molecular flexibility index (Phi) is 8.00. The highest BCUT2D eigenvalue weighted by atomic mass is 35.5. The fraction of sp³-hybridized carbons (Fsp3) is 0.400. The van der Waals surface area contributed by atoms with Crippen molar-refractivity contribution >= 4 is 18.3 Å². The summed E-state index contributed by atoms with van der Waals surface area (Å²) in [6, 6.07) is 12.1. The van der Waals surface area contributed by atoms with Gasteiger partial charge in [0.15, 0.2) is 17.7 Å². The zero-order chi connectivity index (χ0) is 18.4. The van der Waals surface area contributed by atoms with E-state index in [1.807, 2.05) is 24.4 Å². The van der Waals surface area contributed by atoms with E-state index in [0.717, 1.165) is 31.7 Å². The van der Waals surface area contributed by atoms with Crippen molar-refractivity contribution in [2.75, 3.05) is 32.7 Å². The van der Waals surface area contributed by atoms with Gasteiger partial charge in [0.05, 0.1) is 0 Å². The van der Waals surface area contributed by atoms with Crippen molar-refractivity contribution in [2.45, 2.75) is 19.4 Å². The zero-order valence-corrected chi connectivity index (χ0v) is 16.2. The molecule has 146 valence electrons. The van der Waals surface area contributed by atoms with E-state index in [2.05, 4.69) is 9.88 Å². The first-order chi connectivity index (χ1) is 12.6. The van der Waals surface area contributed by atoms with Crippen LogP contribution in [0.1, 0.15) is 12.6 Å². The molecule has 0 radical (unpaired) electrons. The van der Waals surface area contributed by atoms with Gasteiger partial charge in [0.1, 0.15) is 0 Å². The van der Waals surface area contributed by atoms with E-state index in [1.165, 1.54) is 12.1 Å². The van der Waals surface area contributed by atoms with Crippen molar-refractivity contribution in [3.63, 3.8) is 0 Å². The molecule has 2 heterocycles. The molecule has 1 saturated heterocycles. The number of pyridine rings is 1. The largest absolute Gasteiger partial charge is 0.478 e. The maximum absolute atomic E-state index is 13.7. The lowest BCUT2D eigenvalue weighted by Crippen LogP contribution is -2.52. The summed E-state index contributed by atoms with van der Waals surface area (Å²) in [6.07, 6.45) is 2.01. The van der Waals surface area contributed by atoms with Crippen LogP contribution >= 0.6 is 12.4 Å². The van der Waals surface area contributed by atoms with Crippen molar-refractivity contribution < 1.29 is 13.9 Å². The molecule has 1 aromatic heterocycles. The number of nitrogens with zero attached hydrogens (tertiary/aromatic N) is 3. The molecule has 0 N–H and O–H groups in total. The van der Waals surface area contributed by atoms with Crippen molar-refractivity contribution in [3.8, 4) is 5.75 Å². The number of carbonyl (C=O) groups is 1. The van der Waals surface area contributed by atoms with Gasteiger partial charge in [-0.2, -0.15) is 0 Å². The highest BCUT2D eigenvalue weighted by Crippen LogP contribution is 2.18. The summed E-state index contributed by atoms with van der Waals surface area (Å²) in [5.41, 5.74) is 1.08. The molecule has 7 heteroatoms. The fourth-order valence-corrected chi connectivity index (χ4v) is 3.05. The maximum atomic E-state index is 13.7. The van der Waals surface area contributed by atoms with Gasteiger partial charge in [0, 0.05) is 51.0 Å². The molecule has 0 bridgehead atoms. The molecule has 1 unspecified atom stereocenters. The molecule has 1 atom stereocenters. The Balaban J connectivity index is 0.00000261. The molecular formula is C20H25ClFN3O2. The number of rotatable bonds is 6. The van der Waals surface area contributed by atoms with Crippen LogP contribution in [0.25, 0.3) is 0 Å². The number of para-hydroxylation sites is 1. The van der Waals surface area contributed by atoms with Gasteiger partial charge in [-0.3, -0.25) is 14.7 Å². The number of aromatic nitrogens is 1. The molecule has 1 fully saturated rings. The summed E-state index contributed by atoms with van der Waals surface area (Å²) in [5.74, 6) is -0.438. The van der Waals surface area contributed by atoms with Gasteiger partial charge in [-0.1, -0.05) is 18.2 Å². The summed E-state index contributed by atoms with van der Waals surface area (Å²) < 4.78 is 19.2. The Hall–Kier alpha value is -2.18. The number of hydrogen-bond donors (Lipinski definition) is 0. The zero-order valence-electron chi connectivity index (χ0n) is 15.4. The number of amides is 1. The third-order valence-electron chi connectivity index (χ3n) is 4.58. The van der Waals surface area contributed by atoms with Gasteiger partial charge >= 0.3 is 0 Å². The Morgan fingerprint density at radius 3 is 2.52 bits per heavy atom. The van der Waals surface area contributed by atoms with Crippen molar-refractivity contribution in [1.82, 2.24) is 14.8 Å². The summed E-state index contributed by atoms with van der Waals surface area (Å²) in [4.78, 5) is 21.0. The number of benzene rings is 1. The number of piperazine rings is 1. The average Bonchev–Trinajstić information content (AvgIpc) is 2.69. The van der Waals surface area contributed by atoms with E-state index >= 15 is 0 Å². The van der Waals surface area contributed by atoms with Crippen molar-refractivity contribution in [3.05, 3.63) is 60.2 Å². The molecular weight excluding hydrogens is 369 g/mol. The molecule has 5 nitrogen and oxygen atoms in total. The van der Waals surface area contributed by atoms with Gasteiger partial charge in [-0.05, 0) is 31.2 Å². The van der Waals surface area contributed by atoms with Crippen LogP contribution < -0.4 is 4.74 Å².